The van der Waals surface area contributed by atoms with Gasteiger partial charge < -0.3 is 14.8 Å². The normalized spacial score (nSPS) is 31.3. The van der Waals surface area contributed by atoms with E-state index in [1.165, 1.54) is 12.8 Å². The average Bonchev–Trinajstić information content (AvgIpc) is 2.93. The first kappa shape index (κ1) is 26.0. The van der Waals surface area contributed by atoms with E-state index in [1.807, 2.05) is 42.4 Å². The summed E-state index contributed by atoms with van der Waals surface area (Å²) in [7, 11) is 3.65. The third kappa shape index (κ3) is 6.95. The van der Waals surface area contributed by atoms with Crippen molar-refractivity contribution in [1.82, 2.24) is 10.6 Å². The largest absolute Gasteiger partial charge is 0.444 e. The monoisotopic (exact) mass is 486 g/mol. The van der Waals surface area contributed by atoms with Crippen molar-refractivity contribution < 1.29 is 19.1 Å². The van der Waals surface area contributed by atoms with Crippen molar-refractivity contribution in [3.05, 3.63) is 0 Å². The van der Waals surface area contributed by atoms with Crippen LogP contribution in [0.15, 0.2) is 0 Å². The van der Waals surface area contributed by atoms with Gasteiger partial charge in [-0.25, -0.2) is 4.79 Å². The fourth-order valence-electron chi connectivity index (χ4n) is 5.19. The number of hydrogen-bond acceptors (Lipinski definition) is 7. The molecule has 2 aliphatic carbocycles. The van der Waals surface area contributed by atoms with Gasteiger partial charge in [0, 0.05) is 28.4 Å². The van der Waals surface area contributed by atoms with E-state index in [9.17, 15) is 9.59 Å². The number of amides is 1. The van der Waals surface area contributed by atoms with E-state index in [4.69, 9.17) is 9.47 Å². The van der Waals surface area contributed by atoms with Gasteiger partial charge in [-0.2, -0.15) is 0 Å². The van der Waals surface area contributed by atoms with Gasteiger partial charge in [0.05, 0.1) is 0 Å². The van der Waals surface area contributed by atoms with Crippen LogP contribution in [-0.4, -0.2) is 46.0 Å². The minimum atomic E-state index is -0.510. The van der Waals surface area contributed by atoms with E-state index in [-0.39, 0.29) is 22.0 Å². The number of hydrogen-bond donors (Lipinski definition) is 2. The lowest BCUT2D eigenvalue weighted by atomic mass is 9.65. The molecule has 0 radical (unpaired) electrons. The molecule has 2 saturated carbocycles. The Morgan fingerprint density at radius 3 is 2.28 bits per heavy atom. The van der Waals surface area contributed by atoms with Gasteiger partial charge >= 0.3 is 12.1 Å². The Hall–Kier alpha value is -0.600. The molecule has 8 heteroatoms. The molecule has 184 valence electrons. The summed E-state index contributed by atoms with van der Waals surface area (Å²) in [5, 5.41) is 6.80. The highest BCUT2D eigenvalue weighted by atomic mass is 33.1. The Morgan fingerprint density at radius 1 is 1.16 bits per heavy atom. The maximum absolute atomic E-state index is 13.0. The number of alkyl carbamates (subject to hydrolysis) is 1. The van der Waals surface area contributed by atoms with Crippen LogP contribution in [0.1, 0.15) is 92.9 Å². The summed E-state index contributed by atoms with van der Waals surface area (Å²) in [5.41, 5.74) is -0.941. The van der Waals surface area contributed by atoms with Crippen molar-refractivity contribution in [3.8, 4) is 0 Å². The van der Waals surface area contributed by atoms with Crippen molar-refractivity contribution >= 4 is 33.7 Å². The zero-order valence-corrected chi connectivity index (χ0v) is 22.3. The van der Waals surface area contributed by atoms with Crippen LogP contribution in [0.2, 0.25) is 0 Å². The SMILES string of the molecule is CC(C)(C)OC(=O)NCCC(C[C@@H]1NC2(OC1=O)C1CCCC2CCC1)SSC(C)(C)C. The summed E-state index contributed by atoms with van der Waals surface area (Å²) in [5.74, 6) is 0.816. The van der Waals surface area contributed by atoms with Gasteiger partial charge in [0.25, 0.3) is 0 Å². The highest BCUT2D eigenvalue weighted by Crippen LogP contribution is 2.51. The Balaban J connectivity index is 1.60. The molecule has 1 amide bonds. The van der Waals surface area contributed by atoms with Crippen LogP contribution in [0.25, 0.3) is 0 Å². The smallest absolute Gasteiger partial charge is 0.407 e. The molecule has 6 nitrogen and oxygen atoms in total. The first-order chi connectivity index (χ1) is 14.9. The quantitative estimate of drug-likeness (QED) is 0.356. The Kier molecular flexibility index (Phi) is 8.41. The lowest BCUT2D eigenvalue weighted by Gasteiger charge is -2.49. The zero-order chi connectivity index (χ0) is 23.6. The van der Waals surface area contributed by atoms with Gasteiger partial charge in [-0.15, -0.1) is 0 Å². The Bertz CT molecular complexity index is 652. The van der Waals surface area contributed by atoms with Crippen LogP contribution in [0.3, 0.4) is 0 Å². The van der Waals surface area contributed by atoms with Gasteiger partial charge in [-0.05, 0) is 59.3 Å². The van der Waals surface area contributed by atoms with Crippen molar-refractivity contribution in [2.24, 2.45) is 11.8 Å². The maximum atomic E-state index is 13.0. The summed E-state index contributed by atoms with van der Waals surface area (Å²) in [6.45, 7) is 12.7. The van der Waals surface area contributed by atoms with E-state index in [0.717, 1.165) is 32.1 Å². The average molecular weight is 487 g/mol. The summed E-state index contributed by atoms with van der Waals surface area (Å²) in [4.78, 5) is 25.0. The third-order valence-corrected chi connectivity index (χ3v) is 10.3. The predicted octanol–water partition coefficient (Wildman–Crippen LogP) is 5.65. The molecule has 2 bridgehead atoms. The molecule has 3 rings (SSSR count). The van der Waals surface area contributed by atoms with Crippen LogP contribution >= 0.6 is 21.6 Å². The fraction of sp³-hybridized carbons (Fsp3) is 0.917. The van der Waals surface area contributed by atoms with Crippen molar-refractivity contribution in [1.29, 1.82) is 0 Å². The van der Waals surface area contributed by atoms with E-state index in [0.29, 0.717) is 24.8 Å². The van der Waals surface area contributed by atoms with Gasteiger partial charge in [0.15, 0.2) is 5.72 Å². The molecule has 1 spiro atoms. The van der Waals surface area contributed by atoms with Gasteiger partial charge in [0.1, 0.15) is 11.6 Å². The van der Waals surface area contributed by atoms with E-state index in [1.54, 1.807) is 0 Å². The standard InChI is InChI=1S/C24H42N2O4S2/c1-22(2,3)30-21(28)25-14-13-18(31-32-23(4,5)6)15-19-20(27)29-24(26-19)16-9-7-10-17(24)12-8-11-16/h16-19,26H,7-15H2,1-6H3,(H,25,28)/t16?,17?,18?,19-,24?/m0/s1. The Morgan fingerprint density at radius 2 is 1.75 bits per heavy atom. The molecule has 3 aliphatic rings. The van der Waals surface area contributed by atoms with Crippen LogP contribution < -0.4 is 10.6 Å². The topological polar surface area (TPSA) is 76.7 Å². The van der Waals surface area contributed by atoms with Crippen LogP contribution in [0.4, 0.5) is 4.79 Å². The summed E-state index contributed by atoms with van der Waals surface area (Å²) in [6, 6.07) is -0.268. The number of nitrogens with one attached hydrogen (secondary N) is 2. The van der Waals surface area contributed by atoms with Crippen molar-refractivity contribution in [2.45, 2.75) is 120 Å². The molecule has 32 heavy (non-hydrogen) atoms. The van der Waals surface area contributed by atoms with Crippen LogP contribution in [-0.2, 0) is 14.3 Å². The van der Waals surface area contributed by atoms with Gasteiger partial charge in [0.2, 0.25) is 0 Å². The molecule has 1 saturated heterocycles. The highest BCUT2D eigenvalue weighted by molar-refractivity contribution is 8.77. The molecule has 2 N–H and O–H groups in total. The molecule has 0 aromatic carbocycles. The second kappa shape index (κ2) is 10.3. The zero-order valence-electron chi connectivity index (χ0n) is 20.6. The fourth-order valence-corrected chi connectivity index (χ4v) is 7.90. The van der Waals surface area contributed by atoms with Crippen molar-refractivity contribution in [2.75, 3.05) is 6.54 Å². The predicted molar refractivity (Wildman–Crippen MR) is 133 cm³/mol. The van der Waals surface area contributed by atoms with Gasteiger partial charge in [-0.1, -0.05) is 55.2 Å². The van der Waals surface area contributed by atoms with Crippen LogP contribution in [0.5, 0.6) is 0 Å². The molecule has 1 heterocycles. The second-order valence-electron chi connectivity index (χ2n) is 11.5. The van der Waals surface area contributed by atoms with E-state index < -0.39 is 17.4 Å². The minimum Gasteiger partial charge on any atom is -0.444 e. The summed E-state index contributed by atoms with van der Waals surface area (Å²) >= 11 is 0. The lowest BCUT2D eigenvalue weighted by Crippen LogP contribution is -2.59. The molecular weight excluding hydrogens is 444 g/mol. The number of carbonyl (C=O) groups excluding carboxylic acids is 2. The molecule has 3 fully saturated rings. The minimum absolute atomic E-state index is 0.0877. The van der Waals surface area contributed by atoms with Crippen molar-refractivity contribution in [3.63, 3.8) is 0 Å². The van der Waals surface area contributed by atoms with E-state index >= 15 is 0 Å². The first-order valence-corrected chi connectivity index (χ1v) is 14.4. The first-order valence-electron chi connectivity index (χ1n) is 12.2. The maximum Gasteiger partial charge on any atom is 0.407 e. The third-order valence-electron chi connectivity index (χ3n) is 6.44. The van der Waals surface area contributed by atoms with Crippen LogP contribution in [0, 0.1) is 11.8 Å². The molecule has 1 aliphatic heterocycles. The number of carbonyl (C=O) groups is 2. The summed E-state index contributed by atoms with van der Waals surface area (Å²) in [6.07, 6.45) is 8.21. The molecular formula is C24H42N2O4S2. The lowest BCUT2D eigenvalue weighted by molar-refractivity contribution is -0.174. The molecule has 2 atom stereocenters. The summed E-state index contributed by atoms with van der Waals surface area (Å²) < 4.78 is 11.6. The number of rotatable bonds is 7. The highest BCUT2D eigenvalue weighted by Gasteiger charge is 2.58. The molecule has 0 aromatic rings. The Labute approximate surface area is 201 Å². The van der Waals surface area contributed by atoms with Gasteiger partial charge in [-0.3, -0.25) is 10.1 Å². The number of ether oxygens (including phenoxy) is 2. The number of esters is 1. The second-order valence-corrected chi connectivity index (χ2v) is 14.9. The molecule has 0 aromatic heterocycles. The molecule has 1 unspecified atom stereocenters. The van der Waals surface area contributed by atoms with E-state index in [2.05, 4.69) is 31.4 Å².